The molecule has 0 aliphatic carbocycles. The monoisotopic (exact) mass is 439 g/mol. The van der Waals surface area contributed by atoms with Crippen molar-refractivity contribution in [2.75, 3.05) is 46.2 Å². The van der Waals surface area contributed by atoms with Crippen molar-refractivity contribution in [1.29, 1.82) is 0 Å². The number of hydrogen-bond donors (Lipinski definition) is 1. The van der Waals surface area contributed by atoms with Crippen molar-refractivity contribution >= 4 is 41.7 Å². The number of aliphatic imine (C=N–C) groups is 1. The Morgan fingerprint density at radius 1 is 1.50 bits per heavy atom. The lowest BCUT2D eigenvalue weighted by Crippen LogP contribution is -2.54. The molecule has 1 aromatic heterocycles. The maximum Gasteiger partial charge on any atom is 0.193 e. The van der Waals surface area contributed by atoms with Crippen molar-refractivity contribution in [2.24, 2.45) is 4.99 Å². The van der Waals surface area contributed by atoms with Crippen LogP contribution in [0.1, 0.15) is 12.1 Å². The highest BCUT2D eigenvalue weighted by molar-refractivity contribution is 14.0. The molecule has 1 saturated heterocycles. The second-order valence-corrected chi connectivity index (χ2v) is 6.77. The first-order valence-electron chi connectivity index (χ1n) is 7.13. The van der Waals surface area contributed by atoms with Crippen LogP contribution in [-0.4, -0.2) is 72.7 Å². The standard InChI is InChI=1S/C14H25N5OS.HI/c1-15-13(19(4)9-12-5-7-20-17-12)16-10-14(18(2)3)6-8-21-11-14;/h5,7H,6,8-11H2,1-4H3,(H,15,16);1H. The summed E-state index contributed by atoms with van der Waals surface area (Å²) in [7, 11) is 8.15. The summed E-state index contributed by atoms with van der Waals surface area (Å²) >= 11 is 2.02. The predicted octanol–water partition coefficient (Wildman–Crippen LogP) is 1.74. The average Bonchev–Trinajstić information content (AvgIpc) is 3.11. The van der Waals surface area contributed by atoms with Gasteiger partial charge in [-0.3, -0.25) is 4.99 Å². The van der Waals surface area contributed by atoms with E-state index in [4.69, 9.17) is 4.52 Å². The van der Waals surface area contributed by atoms with E-state index in [0.717, 1.165) is 24.0 Å². The second-order valence-electron chi connectivity index (χ2n) is 5.67. The fourth-order valence-corrected chi connectivity index (χ4v) is 4.07. The first-order chi connectivity index (χ1) is 10.1. The molecule has 2 heterocycles. The van der Waals surface area contributed by atoms with Crippen LogP contribution in [0.4, 0.5) is 0 Å². The Morgan fingerprint density at radius 2 is 2.27 bits per heavy atom. The van der Waals surface area contributed by atoms with Gasteiger partial charge >= 0.3 is 0 Å². The number of likely N-dealkylation sites (N-methyl/N-ethyl adjacent to an activating group) is 1. The van der Waals surface area contributed by atoms with E-state index in [0.29, 0.717) is 6.54 Å². The Hall–Kier alpha value is -0.480. The molecular formula is C14H26IN5OS. The molecule has 8 heteroatoms. The van der Waals surface area contributed by atoms with Crippen LogP contribution in [0.15, 0.2) is 21.8 Å². The zero-order valence-corrected chi connectivity index (χ0v) is 16.9. The number of thioether (sulfide) groups is 1. The number of halogens is 1. The van der Waals surface area contributed by atoms with Gasteiger partial charge in [0.1, 0.15) is 12.0 Å². The maximum atomic E-state index is 4.87. The average molecular weight is 439 g/mol. The normalized spacial score (nSPS) is 21.8. The molecular weight excluding hydrogens is 413 g/mol. The van der Waals surface area contributed by atoms with Gasteiger partial charge in [-0.25, -0.2) is 0 Å². The SMILES string of the molecule is CN=C(NCC1(N(C)C)CCSC1)N(C)Cc1ccon1.I. The van der Waals surface area contributed by atoms with Crippen molar-refractivity contribution in [3.63, 3.8) is 0 Å². The molecule has 2 rings (SSSR count). The smallest absolute Gasteiger partial charge is 0.193 e. The molecule has 1 unspecified atom stereocenters. The van der Waals surface area contributed by atoms with E-state index in [-0.39, 0.29) is 29.5 Å². The summed E-state index contributed by atoms with van der Waals surface area (Å²) in [6.45, 7) is 1.59. The quantitative estimate of drug-likeness (QED) is 0.429. The lowest BCUT2D eigenvalue weighted by molar-refractivity contribution is 0.181. The maximum absolute atomic E-state index is 4.87. The Bertz CT molecular complexity index is 460. The first kappa shape index (κ1) is 19.6. The van der Waals surface area contributed by atoms with Gasteiger partial charge in [0.2, 0.25) is 0 Å². The molecule has 0 amide bonds. The molecule has 0 bridgehead atoms. The van der Waals surface area contributed by atoms with Crippen LogP contribution in [0.3, 0.4) is 0 Å². The summed E-state index contributed by atoms with van der Waals surface area (Å²) in [4.78, 5) is 8.76. The number of rotatable bonds is 5. The number of hydrogen-bond acceptors (Lipinski definition) is 5. The highest BCUT2D eigenvalue weighted by Crippen LogP contribution is 2.31. The van der Waals surface area contributed by atoms with Crippen LogP contribution in [0.2, 0.25) is 0 Å². The fourth-order valence-electron chi connectivity index (χ4n) is 2.51. The van der Waals surface area contributed by atoms with E-state index in [1.54, 1.807) is 6.26 Å². The minimum atomic E-state index is 0. The molecule has 0 radical (unpaired) electrons. The minimum Gasteiger partial charge on any atom is -0.364 e. The van der Waals surface area contributed by atoms with Crippen LogP contribution in [0.25, 0.3) is 0 Å². The third kappa shape index (κ3) is 4.76. The second kappa shape index (κ2) is 8.97. The van der Waals surface area contributed by atoms with Gasteiger partial charge in [-0.15, -0.1) is 24.0 Å². The molecule has 126 valence electrons. The van der Waals surface area contributed by atoms with E-state index in [1.807, 2.05) is 31.9 Å². The molecule has 1 fully saturated rings. The lowest BCUT2D eigenvalue weighted by atomic mass is 9.97. The summed E-state index contributed by atoms with van der Waals surface area (Å²) < 4.78 is 4.87. The number of nitrogens with one attached hydrogen (secondary N) is 1. The van der Waals surface area contributed by atoms with Gasteiger partial charge < -0.3 is 19.6 Å². The van der Waals surface area contributed by atoms with Crippen molar-refractivity contribution in [3.8, 4) is 0 Å². The molecule has 6 nitrogen and oxygen atoms in total. The summed E-state index contributed by atoms with van der Waals surface area (Å²) in [5.74, 6) is 3.28. The summed E-state index contributed by atoms with van der Waals surface area (Å²) in [6, 6.07) is 1.87. The predicted molar refractivity (Wildman–Crippen MR) is 103 cm³/mol. The summed E-state index contributed by atoms with van der Waals surface area (Å²) in [5.41, 5.74) is 1.12. The highest BCUT2D eigenvalue weighted by atomic mass is 127. The van der Waals surface area contributed by atoms with Gasteiger partial charge in [-0.2, -0.15) is 11.8 Å². The van der Waals surface area contributed by atoms with Gasteiger partial charge in [-0.1, -0.05) is 5.16 Å². The van der Waals surface area contributed by atoms with Crippen LogP contribution in [0, 0.1) is 0 Å². The van der Waals surface area contributed by atoms with Gasteiger partial charge in [0.15, 0.2) is 5.96 Å². The van der Waals surface area contributed by atoms with Crippen LogP contribution < -0.4 is 5.32 Å². The third-order valence-electron chi connectivity index (χ3n) is 4.07. The molecule has 1 atom stereocenters. The van der Waals surface area contributed by atoms with Crippen molar-refractivity contribution in [1.82, 2.24) is 20.3 Å². The Morgan fingerprint density at radius 3 is 2.77 bits per heavy atom. The Kier molecular flexibility index (Phi) is 7.98. The molecule has 0 aromatic carbocycles. The molecule has 0 spiro atoms. The van der Waals surface area contributed by atoms with E-state index in [9.17, 15) is 0 Å². The lowest BCUT2D eigenvalue weighted by Gasteiger charge is -2.37. The highest BCUT2D eigenvalue weighted by Gasteiger charge is 2.36. The number of aromatic nitrogens is 1. The Labute approximate surface area is 154 Å². The van der Waals surface area contributed by atoms with Gasteiger partial charge in [0.05, 0.1) is 6.54 Å². The summed E-state index contributed by atoms with van der Waals surface area (Å²) in [5, 5.41) is 7.45. The minimum absolute atomic E-state index is 0. The number of nitrogens with zero attached hydrogens (tertiary/aromatic N) is 4. The van der Waals surface area contributed by atoms with E-state index in [1.165, 1.54) is 12.2 Å². The molecule has 1 N–H and O–H groups in total. The van der Waals surface area contributed by atoms with Crippen molar-refractivity contribution < 1.29 is 4.52 Å². The molecule has 22 heavy (non-hydrogen) atoms. The molecule has 1 aliphatic rings. The van der Waals surface area contributed by atoms with Gasteiger partial charge in [0.25, 0.3) is 0 Å². The zero-order valence-electron chi connectivity index (χ0n) is 13.7. The van der Waals surface area contributed by atoms with Crippen LogP contribution in [-0.2, 0) is 6.54 Å². The third-order valence-corrected chi connectivity index (χ3v) is 5.30. The largest absolute Gasteiger partial charge is 0.364 e. The summed E-state index contributed by atoms with van der Waals surface area (Å²) in [6.07, 6.45) is 2.80. The van der Waals surface area contributed by atoms with Gasteiger partial charge in [0, 0.05) is 38.0 Å². The van der Waals surface area contributed by atoms with Crippen LogP contribution >= 0.6 is 35.7 Å². The fraction of sp³-hybridized carbons (Fsp3) is 0.714. The molecule has 1 aromatic rings. The number of guanidine groups is 1. The first-order valence-corrected chi connectivity index (χ1v) is 8.29. The van der Waals surface area contributed by atoms with E-state index >= 15 is 0 Å². The van der Waals surface area contributed by atoms with E-state index in [2.05, 4.69) is 39.4 Å². The Balaban J connectivity index is 0.00000242. The van der Waals surface area contributed by atoms with Gasteiger partial charge in [-0.05, 0) is 26.3 Å². The topological polar surface area (TPSA) is 56.9 Å². The molecule has 0 saturated carbocycles. The van der Waals surface area contributed by atoms with Crippen molar-refractivity contribution in [2.45, 2.75) is 18.5 Å². The van der Waals surface area contributed by atoms with Crippen molar-refractivity contribution in [3.05, 3.63) is 18.0 Å². The molecule has 1 aliphatic heterocycles. The zero-order chi connectivity index (χ0) is 15.3. The van der Waals surface area contributed by atoms with E-state index < -0.39 is 0 Å². The van der Waals surface area contributed by atoms with Crippen LogP contribution in [0.5, 0.6) is 0 Å².